The Morgan fingerprint density at radius 2 is 2.06 bits per heavy atom. The number of methoxy groups -OCH3 is 1. The molecule has 0 aromatic heterocycles. The minimum atomic E-state index is -0.859. The molecule has 1 aromatic rings. The van der Waals surface area contributed by atoms with E-state index in [2.05, 4.69) is 10.6 Å². The molecule has 0 bridgehead atoms. The van der Waals surface area contributed by atoms with Gasteiger partial charge in [0, 0.05) is 20.2 Å². The van der Waals surface area contributed by atoms with Crippen LogP contribution < -0.4 is 10.6 Å². The monoisotopic (exact) mass is 260 g/mol. The summed E-state index contributed by atoms with van der Waals surface area (Å²) >= 11 is 4.98. The standard InChI is InChI=1S/C11H14F2N2OS/c1-16-5-4-14-11(17)15-7-8-2-3-9(12)10(13)6-8/h2-3,6H,4-5,7H2,1H3,(H2,14,15,17). The third-order valence-corrected chi connectivity index (χ3v) is 2.32. The van der Waals surface area contributed by atoms with E-state index in [1.807, 2.05) is 0 Å². The second-order valence-corrected chi connectivity index (χ2v) is 3.76. The lowest BCUT2D eigenvalue weighted by molar-refractivity contribution is 0.204. The van der Waals surface area contributed by atoms with Gasteiger partial charge in [-0.05, 0) is 29.9 Å². The van der Waals surface area contributed by atoms with E-state index in [0.717, 1.165) is 12.1 Å². The van der Waals surface area contributed by atoms with E-state index in [4.69, 9.17) is 17.0 Å². The van der Waals surface area contributed by atoms with Crippen molar-refractivity contribution in [1.82, 2.24) is 10.6 Å². The Hall–Kier alpha value is -1.27. The quantitative estimate of drug-likeness (QED) is 0.622. The predicted molar refractivity (Wildman–Crippen MR) is 65.7 cm³/mol. The third-order valence-electron chi connectivity index (χ3n) is 2.03. The van der Waals surface area contributed by atoms with Crippen molar-refractivity contribution < 1.29 is 13.5 Å². The van der Waals surface area contributed by atoms with Crippen LogP contribution in [0.5, 0.6) is 0 Å². The van der Waals surface area contributed by atoms with Crippen LogP contribution in [0, 0.1) is 11.6 Å². The van der Waals surface area contributed by atoms with Crippen molar-refractivity contribution in [3.05, 3.63) is 35.4 Å². The molecule has 0 aliphatic rings. The van der Waals surface area contributed by atoms with Gasteiger partial charge in [-0.25, -0.2) is 8.78 Å². The minimum absolute atomic E-state index is 0.343. The molecule has 0 heterocycles. The fourth-order valence-corrected chi connectivity index (χ4v) is 1.34. The lowest BCUT2D eigenvalue weighted by Crippen LogP contribution is -2.36. The zero-order valence-corrected chi connectivity index (χ0v) is 10.2. The van der Waals surface area contributed by atoms with Gasteiger partial charge in [-0.3, -0.25) is 0 Å². The SMILES string of the molecule is COCCNC(=S)NCc1ccc(F)c(F)c1. The first-order chi connectivity index (χ1) is 8.13. The fourth-order valence-electron chi connectivity index (χ4n) is 1.16. The molecule has 2 N–H and O–H groups in total. The Balaban J connectivity index is 2.34. The molecule has 17 heavy (non-hydrogen) atoms. The molecule has 0 aliphatic heterocycles. The van der Waals surface area contributed by atoms with Crippen LogP contribution in [0.3, 0.4) is 0 Å². The van der Waals surface area contributed by atoms with Crippen molar-refractivity contribution in [1.29, 1.82) is 0 Å². The Kier molecular flexibility index (Phi) is 5.79. The zero-order chi connectivity index (χ0) is 12.7. The number of benzene rings is 1. The third kappa shape index (κ3) is 5.06. The van der Waals surface area contributed by atoms with Gasteiger partial charge in [0.15, 0.2) is 16.7 Å². The van der Waals surface area contributed by atoms with Crippen molar-refractivity contribution in [2.45, 2.75) is 6.54 Å². The second-order valence-electron chi connectivity index (χ2n) is 3.35. The molecule has 0 radical (unpaired) electrons. The van der Waals surface area contributed by atoms with Gasteiger partial charge < -0.3 is 15.4 Å². The molecule has 0 spiro atoms. The van der Waals surface area contributed by atoms with Crippen molar-refractivity contribution in [3.63, 3.8) is 0 Å². The van der Waals surface area contributed by atoms with Crippen LogP contribution in [0.2, 0.25) is 0 Å². The number of halogens is 2. The van der Waals surface area contributed by atoms with Crippen LogP contribution in [0.25, 0.3) is 0 Å². The summed E-state index contributed by atoms with van der Waals surface area (Å²) in [5.41, 5.74) is 0.625. The first-order valence-electron chi connectivity index (χ1n) is 5.08. The van der Waals surface area contributed by atoms with E-state index in [0.29, 0.717) is 30.4 Å². The van der Waals surface area contributed by atoms with Crippen LogP contribution in [-0.2, 0) is 11.3 Å². The van der Waals surface area contributed by atoms with Gasteiger partial charge in [-0.2, -0.15) is 0 Å². The highest BCUT2D eigenvalue weighted by Gasteiger charge is 2.02. The number of rotatable bonds is 5. The molecule has 0 saturated heterocycles. The predicted octanol–water partition coefficient (Wildman–Crippen LogP) is 1.58. The largest absolute Gasteiger partial charge is 0.383 e. The van der Waals surface area contributed by atoms with Crippen LogP contribution in [0.15, 0.2) is 18.2 Å². The maximum absolute atomic E-state index is 12.9. The first kappa shape index (κ1) is 13.8. The summed E-state index contributed by atoms with van der Waals surface area (Å²) in [4.78, 5) is 0. The van der Waals surface area contributed by atoms with Gasteiger partial charge in [-0.1, -0.05) is 6.07 Å². The van der Waals surface area contributed by atoms with Gasteiger partial charge >= 0.3 is 0 Å². The van der Waals surface area contributed by atoms with Crippen LogP contribution >= 0.6 is 12.2 Å². The van der Waals surface area contributed by atoms with Gasteiger partial charge in [0.2, 0.25) is 0 Å². The number of nitrogens with one attached hydrogen (secondary N) is 2. The van der Waals surface area contributed by atoms with E-state index < -0.39 is 11.6 Å². The Bertz CT molecular complexity index is 388. The van der Waals surface area contributed by atoms with Crippen LogP contribution in [0.1, 0.15) is 5.56 Å². The number of thiocarbonyl (C=S) groups is 1. The minimum Gasteiger partial charge on any atom is -0.383 e. The molecule has 1 aromatic carbocycles. The highest BCUT2D eigenvalue weighted by Crippen LogP contribution is 2.08. The maximum Gasteiger partial charge on any atom is 0.166 e. The number of hydrogen-bond donors (Lipinski definition) is 2. The van der Waals surface area contributed by atoms with E-state index in [-0.39, 0.29) is 0 Å². The molecule has 0 amide bonds. The summed E-state index contributed by atoms with van der Waals surface area (Å²) < 4.78 is 30.4. The molecule has 3 nitrogen and oxygen atoms in total. The average Bonchev–Trinajstić information content (AvgIpc) is 2.31. The Morgan fingerprint density at radius 3 is 2.71 bits per heavy atom. The van der Waals surface area contributed by atoms with Crippen molar-refractivity contribution >= 4 is 17.3 Å². The molecule has 0 fully saturated rings. The van der Waals surface area contributed by atoms with Crippen molar-refractivity contribution in [3.8, 4) is 0 Å². The van der Waals surface area contributed by atoms with Crippen molar-refractivity contribution in [2.24, 2.45) is 0 Å². The smallest absolute Gasteiger partial charge is 0.166 e. The van der Waals surface area contributed by atoms with Crippen molar-refractivity contribution in [2.75, 3.05) is 20.3 Å². The van der Waals surface area contributed by atoms with Gasteiger partial charge in [-0.15, -0.1) is 0 Å². The lowest BCUT2D eigenvalue weighted by Gasteiger charge is -2.10. The van der Waals surface area contributed by atoms with Gasteiger partial charge in [0.25, 0.3) is 0 Å². The summed E-state index contributed by atoms with van der Waals surface area (Å²) in [5, 5.41) is 6.24. The van der Waals surface area contributed by atoms with Gasteiger partial charge in [0.05, 0.1) is 6.61 Å². The summed E-state index contributed by atoms with van der Waals surface area (Å²) in [5.74, 6) is -1.71. The molecule has 1 rings (SSSR count). The van der Waals surface area contributed by atoms with Crippen LogP contribution in [0.4, 0.5) is 8.78 Å². The van der Waals surface area contributed by atoms with E-state index in [1.54, 1.807) is 7.11 Å². The molecule has 0 atom stereocenters. The highest BCUT2D eigenvalue weighted by atomic mass is 32.1. The summed E-state index contributed by atoms with van der Waals surface area (Å²) in [6.45, 7) is 1.49. The van der Waals surface area contributed by atoms with Gasteiger partial charge in [0.1, 0.15) is 0 Å². The second kappa shape index (κ2) is 7.13. The average molecular weight is 260 g/mol. The van der Waals surface area contributed by atoms with E-state index >= 15 is 0 Å². The molecule has 0 aliphatic carbocycles. The summed E-state index contributed by atoms with van der Waals surface area (Å²) in [6.07, 6.45) is 0. The lowest BCUT2D eigenvalue weighted by atomic mass is 10.2. The molecular formula is C11H14F2N2OS. The molecule has 0 unspecified atom stereocenters. The van der Waals surface area contributed by atoms with E-state index in [9.17, 15) is 8.78 Å². The molecule has 94 valence electrons. The molecule has 0 saturated carbocycles. The highest BCUT2D eigenvalue weighted by molar-refractivity contribution is 7.80. The van der Waals surface area contributed by atoms with E-state index in [1.165, 1.54) is 6.07 Å². The number of hydrogen-bond acceptors (Lipinski definition) is 2. The molecular weight excluding hydrogens is 246 g/mol. The Labute approximate surface area is 104 Å². The first-order valence-corrected chi connectivity index (χ1v) is 5.49. The summed E-state index contributed by atoms with van der Waals surface area (Å²) in [6, 6.07) is 3.73. The normalized spacial score (nSPS) is 10.1. The maximum atomic E-state index is 12.9. The van der Waals surface area contributed by atoms with Crippen LogP contribution in [-0.4, -0.2) is 25.4 Å². The number of ether oxygens (including phenoxy) is 1. The summed E-state index contributed by atoms with van der Waals surface area (Å²) in [7, 11) is 1.60. The Morgan fingerprint density at radius 1 is 1.29 bits per heavy atom. The zero-order valence-electron chi connectivity index (χ0n) is 9.43. The topological polar surface area (TPSA) is 33.3 Å². The molecule has 6 heteroatoms. The fraction of sp³-hybridized carbons (Fsp3) is 0.364.